The molecule has 184 valence electrons. The summed E-state index contributed by atoms with van der Waals surface area (Å²) in [5.41, 5.74) is 2.57. The van der Waals surface area contributed by atoms with Gasteiger partial charge < -0.3 is 10.1 Å². The molecule has 7 nitrogen and oxygen atoms in total. The highest BCUT2D eigenvalue weighted by Gasteiger charge is 2.17. The topological polar surface area (TPSA) is 86.1 Å². The molecule has 1 N–H and O–H groups in total. The van der Waals surface area contributed by atoms with Gasteiger partial charge in [-0.15, -0.1) is 10.2 Å². The first-order valence-electron chi connectivity index (χ1n) is 11.1. The first kappa shape index (κ1) is 25.8. The van der Waals surface area contributed by atoms with Crippen LogP contribution in [0.4, 0.5) is 5.69 Å². The van der Waals surface area contributed by atoms with Gasteiger partial charge in [-0.05, 0) is 55.0 Å². The van der Waals surface area contributed by atoms with E-state index in [1.165, 1.54) is 17.8 Å². The van der Waals surface area contributed by atoms with Gasteiger partial charge in [-0.2, -0.15) is 0 Å². The van der Waals surface area contributed by atoms with E-state index >= 15 is 0 Å². The number of hydrogen-bond donors (Lipinski definition) is 1. The first-order chi connectivity index (χ1) is 17.4. The third-order valence-electron chi connectivity index (χ3n) is 5.07. The van der Waals surface area contributed by atoms with Crippen LogP contribution < -0.4 is 5.32 Å². The van der Waals surface area contributed by atoms with Crippen molar-refractivity contribution < 1.29 is 14.3 Å². The zero-order valence-electron chi connectivity index (χ0n) is 19.3. The lowest BCUT2D eigenvalue weighted by molar-refractivity contribution is -0.113. The molecule has 1 heterocycles. The summed E-state index contributed by atoms with van der Waals surface area (Å²) in [5.74, 6) is -0.000351. The van der Waals surface area contributed by atoms with Crippen molar-refractivity contribution in [3.8, 4) is 5.69 Å². The molecule has 4 rings (SSSR count). The summed E-state index contributed by atoms with van der Waals surface area (Å²) < 4.78 is 6.93. The lowest BCUT2D eigenvalue weighted by atomic mass is 10.1. The van der Waals surface area contributed by atoms with Crippen LogP contribution >= 0.6 is 35.0 Å². The number of carbonyl (C=O) groups excluding carboxylic acids is 2. The van der Waals surface area contributed by atoms with E-state index in [2.05, 4.69) is 15.5 Å². The summed E-state index contributed by atoms with van der Waals surface area (Å²) >= 11 is 13.4. The van der Waals surface area contributed by atoms with E-state index in [0.717, 1.165) is 17.1 Å². The summed E-state index contributed by atoms with van der Waals surface area (Å²) in [6, 6.07) is 22.0. The van der Waals surface area contributed by atoms with Gasteiger partial charge in [0.2, 0.25) is 5.91 Å². The van der Waals surface area contributed by atoms with Crippen LogP contribution in [0.5, 0.6) is 0 Å². The predicted molar refractivity (Wildman–Crippen MR) is 142 cm³/mol. The maximum atomic E-state index is 12.7. The second-order valence-electron chi connectivity index (χ2n) is 7.62. The SMILES string of the molecule is CCOC(=O)c1cc(NC(=O)CSc2nnc(Cc3ccccc3)n2-c2ccc(Cl)cc2)ccc1Cl. The van der Waals surface area contributed by atoms with Crippen LogP contribution in [0.3, 0.4) is 0 Å². The van der Waals surface area contributed by atoms with Gasteiger partial charge in [0.25, 0.3) is 0 Å². The highest BCUT2D eigenvalue weighted by molar-refractivity contribution is 7.99. The molecule has 0 saturated heterocycles. The number of nitrogens with zero attached hydrogens (tertiary/aromatic N) is 3. The zero-order chi connectivity index (χ0) is 25.5. The monoisotopic (exact) mass is 540 g/mol. The van der Waals surface area contributed by atoms with Crippen LogP contribution in [-0.4, -0.2) is 39.0 Å². The Morgan fingerprint density at radius 2 is 1.75 bits per heavy atom. The average molecular weight is 541 g/mol. The molecule has 0 bridgehead atoms. The molecule has 0 radical (unpaired) electrons. The maximum absolute atomic E-state index is 12.7. The summed E-state index contributed by atoms with van der Waals surface area (Å²) in [4.78, 5) is 24.8. The van der Waals surface area contributed by atoms with E-state index in [4.69, 9.17) is 27.9 Å². The molecule has 0 aliphatic rings. The Balaban J connectivity index is 1.51. The van der Waals surface area contributed by atoms with Crippen molar-refractivity contribution in [1.29, 1.82) is 0 Å². The molecule has 1 aromatic heterocycles. The van der Waals surface area contributed by atoms with Gasteiger partial charge >= 0.3 is 5.97 Å². The number of amides is 1. The van der Waals surface area contributed by atoms with Crippen molar-refractivity contribution in [2.24, 2.45) is 0 Å². The molecule has 1 amide bonds. The molecule has 0 atom stereocenters. The highest BCUT2D eigenvalue weighted by Crippen LogP contribution is 2.26. The van der Waals surface area contributed by atoms with Gasteiger partial charge in [0.15, 0.2) is 5.16 Å². The number of benzene rings is 3. The lowest BCUT2D eigenvalue weighted by Crippen LogP contribution is -2.15. The van der Waals surface area contributed by atoms with Gasteiger partial charge in [0, 0.05) is 22.8 Å². The molecule has 0 aliphatic heterocycles. The number of carbonyl (C=O) groups is 2. The van der Waals surface area contributed by atoms with Crippen molar-refractivity contribution >= 4 is 52.5 Å². The molecule has 0 unspecified atom stereocenters. The third kappa shape index (κ3) is 6.46. The van der Waals surface area contributed by atoms with Crippen molar-refractivity contribution in [2.75, 3.05) is 17.7 Å². The maximum Gasteiger partial charge on any atom is 0.339 e. The minimum atomic E-state index is -0.546. The van der Waals surface area contributed by atoms with E-state index < -0.39 is 5.97 Å². The lowest BCUT2D eigenvalue weighted by Gasteiger charge is -2.11. The normalized spacial score (nSPS) is 10.8. The van der Waals surface area contributed by atoms with E-state index in [-0.39, 0.29) is 28.9 Å². The predicted octanol–water partition coefficient (Wildman–Crippen LogP) is 6.07. The van der Waals surface area contributed by atoms with Gasteiger partial charge in [-0.25, -0.2) is 4.79 Å². The standard InChI is InChI=1S/C26H22Cl2N4O3S/c1-2-35-25(34)21-15-19(10-13-22(21)28)29-24(33)16-36-26-31-30-23(14-17-6-4-3-5-7-17)32(26)20-11-8-18(27)9-12-20/h3-13,15H,2,14,16H2,1H3,(H,29,33). The van der Waals surface area contributed by atoms with Gasteiger partial charge in [0.1, 0.15) is 5.82 Å². The molecule has 4 aromatic rings. The Hall–Kier alpha value is -3.33. The van der Waals surface area contributed by atoms with E-state index in [9.17, 15) is 9.59 Å². The van der Waals surface area contributed by atoms with Gasteiger partial charge in [-0.1, -0.05) is 65.3 Å². The fraction of sp³-hybridized carbons (Fsp3) is 0.154. The molecule has 3 aromatic carbocycles. The van der Waals surface area contributed by atoms with Crippen LogP contribution in [0.1, 0.15) is 28.7 Å². The van der Waals surface area contributed by atoms with Gasteiger partial charge in [-0.3, -0.25) is 9.36 Å². The third-order valence-corrected chi connectivity index (χ3v) is 6.58. The second kappa shape index (κ2) is 12.1. The number of halogens is 2. The second-order valence-corrected chi connectivity index (χ2v) is 9.41. The van der Waals surface area contributed by atoms with E-state index in [1.54, 1.807) is 31.2 Å². The number of thioether (sulfide) groups is 1. The average Bonchev–Trinajstić information content (AvgIpc) is 3.27. The summed E-state index contributed by atoms with van der Waals surface area (Å²) in [5, 5.41) is 13.0. The Bertz CT molecular complexity index is 1360. The largest absolute Gasteiger partial charge is 0.462 e. The van der Waals surface area contributed by atoms with Crippen molar-refractivity contribution in [3.63, 3.8) is 0 Å². The molecule has 10 heteroatoms. The molecule has 0 spiro atoms. The molecule has 36 heavy (non-hydrogen) atoms. The number of ether oxygens (including phenoxy) is 1. The molecular weight excluding hydrogens is 519 g/mol. The Morgan fingerprint density at radius 1 is 1.00 bits per heavy atom. The van der Waals surface area contributed by atoms with Crippen LogP contribution in [0.2, 0.25) is 10.0 Å². The minimum absolute atomic E-state index is 0.0778. The molecule has 0 saturated carbocycles. The number of aromatic nitrogens is 3. The van der Waals surface area contributed by atoms with E-state index in [1.807, 2.05) is 47.0 Å². The number of anilines is 1. The minimum Gasteiger partial charge on any atom is -0.462 e. The molecule has 0 fully saturated rings. The smallest absolute Gasteiger partial charge is 0.339 e. The molecular formula is C26H22Cl2N4O3S. The summed E-state index contributed by atoms with van der Waals surface area (Å²) in [6.45, 7) is 1.94. The quantitative estimate of drug-likeness (QED) is 0.204. The Morgan fingerprint density at radius 3 is 2.47 bits per heavy atom. The summed E-state index contributed by atoms with van der Waals surface area (Å²) in [6.07, 6.45) is 0.574. The fourth-order valence-corrected chi connectivity index (χ4v) is 4.52. The first-order valence-corrected chi connectivity index (χ1v) is 12.8. The number of esters is 1. The highest BCUT2D eigenvalue weighted by atomic mass is 35.5. The fourth-order valence-electron chi connectivity index (χ4n) is 3.43. The van der Waals surface area contributed by atoms with Crippen molar-refractivity contribution in [3.05, 3.63) is 99.8 Å². The summed E-state index contributed by atoms with van der Waals surface area (Å²) in [7, 11) is 0. The number of nitrogens with one attached hydrogen (secondary N) is 1. The van der Waals surface area contributed by atoms with Gasteiger partial charge in [0.05, 0.1) is 22.9 Å². The zero-order valence-corrected chi connectivity index (χ0v) is 21.6. The van der Waals surface area contributed by atoms with Crippen LogP contribution in [0.25, 0.3) is 5.69 Å². The Labute approximate surface area is 222 Å². The van der Waals surface area contributed by atoms with Crippen molar-refractivity contribution in [2.45, 2.75) is 18.5 Å². The number of rotatable bonds is 9. The van der Waals surface area contributed by atoms with Crippen LogP contribution in [0, 0.1) is 0 Å². The Kier molecular flexibility index (Phi) is 8.64. The molecule has 0 aliphatic carbocycles. The van der Waals surface area contributed by atoms with Crippen LogP contribution in [0.15, 0.2) is 78.0 Å². The van der Waals surface area contributed by atoms with Crippen molar-refractivity contribution in [1.82, 2.24) is 14.8 Å². The number of hydrogen-bond acceptors (Lipinski definition) is 6. The van der Waals surface area contributed by atoms with Crippen LogP contribution in [-0.2, 0) is 16.0 Å². The van der Waals surface area contributed by atoms with E-state index in [0.29, 0.717) is 22.3 Å².